The number of rotatable bonds is 15. The van der Waals surface area contributed by atoms with Gasteiger partial charge >= 0.3 is 0 Å². The van der Waals surface area contributed by atoms with Crippen molar-refractivity contribution in [1.29, 1.82) is 0 Å². The maximum atomic E-state index is 12.7. The summed E-state index contributed by atoms with van der Waals surface area (Å²) in [6, 6.07) is -0.915. The zero-order valence-electron chi connectivity index (χ0n) is 20.7. The number of carbonyl (C=O) groups is 2. The largest absolute Gasteiger partial charge is 0.361 e. The number of aliphatic hydroxyl groups is 1. The first-order chi connectivity index (χ1) is 14.2. The highest BCUT2D eigenvalue weighted by Crippen LogP contribution is 2.09. The Balaban J connectivity index is 4.28. The average molecular weight is 445 g/mol. The van der Waals surface area contributed by atoms with E-state index in [1.807, 2.05) is 0 Å². The number of hydrogen-bond donors (Lipinski definition) is 7. The monoisotopic (exact) mass is 444 g/mol. The Bertz CT molecular complexity index is 516. The summed E-state index contributed by atoms with van der Waals surface area (Å²) in [5, 5.41) is 24.1. The van der Waals surface area contributed by atoms with Crippen LogP contribution in [0, 0.1) is 0 Å². The van der Waals surface area contributed by atoms with Gasteiger partial charge in [-0.05, 0) is 87.2 Å². The fourth-order valence-electron chi connectivity index (χ4n) is 3.00. The van der Waals surface area contributed by atoms with Crippen LogP contribution in [0.4, 0.5) is 0 Å². The van der Waals surface area contributed by atoms with E-state index in [0.717, 1.165) is 32.2 Å². The third-order valence-corrected chi connectivity index (χ3v) is 4.63. The van der Waals surface area contributed by atoms with Gasteiger partial charge in [0.25, 0.3) is 0 Å². The lowest BCUT2D eigenvalue weighted by molar-refractivity contribution is -0.126. The Morgan fingerprint density at radius 3 is 2.00 bits per heavy atom. The number of carbonyl (C=O) groups excluding carboxylic acids is 2. The van der Waals surface area contributed by atoms with E-state index in [-0.39, 0.29) is 23.0 Å². The van der Waals surface area contributed by atoms with Gasteiger partial charge in [0.1, 0.15) is 0 Å². The number of aliphatic hydroxyl groups excluding tert-OH is 1. The summed E-state index contributed by atoms with van der Waals surface area (Å²) in [5.74, 6) is -0.390. The molecule has 3 atom stereocenters. The van der Waals surface area contributed by atoms with E-state index in [0.29, 0.717) is 19.4 Å². The molecular weight excluding hydrogens is 396 g/mol. The molecule has 8 N–H and O–H groups in total. The molecule has 0 fully saturated rings. The molecule has 0 bridgehead atoms. The van der Waals surface area contributed by atoms with Crippen LogP contribution in [0.3, 0.4) is 0 Å². The van der Waals surface area contributed by atoms with Gasteiger partial charge in [0.05, 0.1) is 12.1 Å². The second-order valence-corrected chi connectivity index (χ2v) is 10.2. The van der Waals surface area contributed by atoms with Crippen molar-refractivity contribution in [3.05, 3.63) is 0 Å². The summed E-state index contributed by atoms with van der Waals surface area (Å²) in [6.45, 7) is 14.1. The van der Waals surface area contributed by atoms with Crippen LogP contribution in [-0.2, 0) is 9.59 Å². The second kappa shape index (κ2) is 14.7. The van der Waals surface area contributed by atoms with E-state index >= 15 is 0 Å². The number of amides is 2. The van der Waals surface area contributed by atoms with Crippen molar-refractivity contribution in [2.75, 3.05) is 20.1 Å². The van der Waals surface area contributed by atoms with E-state index in [9.17, 15) is 14.7 Å². The fraction of sp³-hybridized carbons (Fsp3) is 0.909. The van der Waals surface area contributed by atoms with Crippen LogP contribution in [0.25, 0.3) is 0 Å². The van der Waals surface area contributed by atoms with Crippen molar-refractivity contribution in [2.24, 2.45) is 5.73 Å². The Morgan fingerprint density at radius 2 is 1.45 bits per heavy atom. The van der Waals surface area contributed by atoms with Gasteiger partial charge in [0, 0.05) is 17.6 Å². The number of hydrogen-bond acceptors (Lipinski definition) is 7. The molecule has 3 unspecified atom stereocenters. The van der Waals surface area contributed by atoms with E-state index in [1.165, 1.54) is 7.05 Å². The number of nitrogens with two attached hydrogens (primary N) is 1. The highest BCUT2D eigenvalue weighted by Gasteiger charge is 2.23. The third kappa shape index (κ3) is 17.0. The van der Waals surface area contributed by atoms with Gasteiger partial charge in [-0.2, -0.15) is 0 Å². The zero-order valence-corrected chi connectivity index (χ0v) is 20.7. The van der Waals surface area contributed by atoms with Gasteiger partial charge in [-0.3, -0.25) is 14.9 Å². The van der Waals surface area contributed by atoms with Gasteiger partial charge in [-0.25, -0.2) is 0 Å². The normalized spacial score (nSPS) is 15.3. The minimum Gasteiger partial charge on any atom is -0.361 e. The molecule has 9 heteroatoms. The summed E-state index contributed by atoms with van der Waals surface area (Å²) >= 11 is 0. The van der Waals surface area contributed by atoms with Crippen LogP contribution in [0.1, 0.15) is 80.1 Å². The lowest BCUT2D eigenvalue weighted by Crippen LogP contribution is -2.51. The predicted molar refractivity (Wildman–Crippen MR) is 126 cm³/mol. The summed E-state index contributed by atoms with van der Waals surface area (Å²) in [6.07, 6.45) is 3.60. The Hall–Kier alpha value is -1.26. The van der Waals surface area contributed by atoms with Crippen LogP contribution in [0.5, 0.6) is 0 Å². The van der Waals surface area contributed by atoms with Crippen LogP contribution < -0.4 is 32.3 Å². The van der Waals surface area contributed by atoms with E-state index in [4.69, 9.17) is 5.73 Å². The molecule has 0 saturated carbocycles. The third-order valence-electron chi connectivity index (χ3n) is 4.63. The van der Waals surface area contributed by atoms with E-state index in [2.05, 4.69) is 68.1 Å². The molecular formula is C22H48N6O3. The Kier molecular flexibility index (Phi) is 14.1. The zero-order chi connectivity index (χ0) is 24.1. The molecule has 0 aliphatic carbocycles. The molecule has 31 heavy (non-hydrogen) atoms. The second-order valence-electron chi connectivity index (χ2n) is 10.2. The number of nitrogens with one attached hydrogen (secondary N) is 5. The maximum Gasteiger partial charge on any atom is 0.239 e. The van der Waals surface area contributed by atoms with E-state index in [1.54, 1.807) is 0 Å². The lowest BCUT2D eigenvalue weighted by atomic mass is 10.0. The van der Waals surface area contributed by atoms with Gasteiger partial charge in [-0.15, -0.1) is 0 Å². The molecule has 0 aliphatic heterocycles. The first-order valence-electron chi connectivity index (χ1n) is 11.5. The summed E-state index contributed by atoms with van der Waals surface area (Å²) in [4.78, 5) is 24.5. The van der Waals surface area contributed by atoms with Crippen LogP contribution >= 0.6 is 0 Å². The molecule has 0 radical (unpaired) electrons. The van der Waals surface area contributed by atoms with E-state index < -0.39 is 18.3 Å². The Labute approximate surface area is 189 Å². The summed E-state index contributed by atoms with van der Waals surface area (Å²) in [5.41, 5.74) is 5.79. The van der Waals surface area contributed by atoms with Crippen molar-refractivity contribution < 1.29 is 14.7 Å². The maximum absolute atomic E-state index is 12.7. The first kappa shape index (κ1) is 29.7. The Morgan fingerprint density at radius 1 is 0.871 bits per heavy atom. The van der Waals surface area contributed by atoms with Crippen LogP contribution in [-0.4, -0.2) is 66.6 Å². The minimum absolute atomic E-state index is 0.0119. The van der Waals surface area contributed by atoms with Crippen molar-refractivity contribution in [2.45, 2.75) is 110 Å². The fourth-order valence-corrected chi connectivity index (χ4v) is 3.00. The van der Waals surface area contributed by atoms with Crippen molar-refractivity contribution >= 4 is 11.8 Å². The first-order valence-corrected chi connectivity index (χ1v) is 11.5. The summed E-state index contributed by atoms with van der Waals surface area (Å²) < 4.78 is 0. The topological polar surface area (TPSA) is 141 Å². The van der Waals surface area contributed by atoms with Gasteiger partial charge in [0.2, 0.25) is 11.8 Å². The molecule has 0 aromatic carbocycles. The van der Waals surface area contributed by atoms with Gasteiger partial charge in [-0.1, -0.05) is 6.42 Å². The standard InChI is InChI=1S/C22H48N6O3/c1-21(2,3)26-15-11-9-13-17(28-22(4,5)6)19(30)25-14-10-8-12-16(23)18(29)27-20(31)24-7/h16-17,20,24,26,28,31H,8-15,23H2,1-7H3,(H,25,30)(H,27,29). The van der Waals surface area contributed by atoms with Crippen LogP contribution in [0.2, 0.25) is 0 Å². The molecule has 184 valence electrons. The molecule has 9 nitrogen and oxygen atoms in total. The van der Waals surface area contributed by atoms with Crippen LogP contribution in [0.15, 0.2) is 0 Å². The molecule has 0 aliphatic rings. The predicted octanol–water partition coefficient (Wildman–Crippen LogP) is 0.527. The molecule has 0 rings (SSSR count). The molecule has 0 heterocycles. The van der Waals surface area contributed by atoms with Crippen molar-refractivity contribution in [3.63, 3.8) is 0 Å². The molecule has 0 aromatic heterocycles. The van der Waals surface area contributed by atoms with Crippen molar-refractivity contribution in [1.82, 2.24) is 26.6 Å². The summed E-state index contributed by atoms with van der Waals surface area (Å²) in [7, 11) is 1.53. The van der Waals surface area contributed by atoms with Crippen molar-refractivity contribution in [3.8, 4) is 0 Å². The number of unbranched alkanes of at least 4 members (excludes halogenated alkanes) is 2. The van der Waals surface area contributed by atoms with Gasteiger partial charge in [0.15, 0.2) is 6.35 Å². The minimum atomic E-state index is -1.10. The molecule has 2 amide bonds. The molecule has 0 spiro atoms. The highest BCUT2D eigenvalue weighted by atomic mass is 16.3. The SMILES string of the molecule is CNC(O)NC(=O)C(N)CCCCNC(=O)C(CCCCNC(C)(C)C)NC(C)(C)C. The quantitative estimate of drug-likeness (QED) is 0.144. The highest BCUT2D eigenvalue weighted by molar-refractivity contribution is 5.82. The van der Waals surface area contributed by atoms with Gasteiger partial charge < -0.3 is 32.1 Å². The average Bonchev–Trinajstić information content (AvgIpc) is 2.64. The molecule has 0 aromatic rings. The molecule has 0 saturated heterocycles. The lowest BCUT2D eigenvalue weighted by Gasteiger charge is -2.28. The smallest absolute Gasteiger partial charge is 0.239 e.